The van der Waals surface area contributed by atoms with Crippen LogP contribution in [0.2, 0.25) is 0 Å². The van der Waals surface area contributed by atoms with E-state index in [2.05, 4.69) is 0 Å². The second-order valence-corrected chi connectivity index (χ2v) is 4.72. The van der Waals surface area contributed by atoms with Crippen LogP contribution in [0, 0.1) is 17.6 Å². The van der Waals surface area contributed by atoms with Crippen molar-refractivity contribution in [2.45, 2.75) is 32.8 Å². The Balaban J connectivity index is 2.56. The Morgan fingerprint density at radius 3 is 2.62 bits per heavy atom. The first-order valence-corrected chi connectivity index (χ1v) is 5.61. The molecule has 2 rings (SSSR count). The van der Waals surface area contributed by atoms with Crippen LogP contribution >= 0.6 is 0 Å². The summed E-state index contributed by atoms with van der Waals surface area (Å²) < 4.78 is 32.5. The molecule has 1 aromatic carbocycles. The topological polar surface area (TPSA) is 9.23 Å². The normalized spacial score (nSPS) is 24.6. The van der Waals surface area contributed by atoms with E-state index in [4.69, 9.17) is 4.74 Å². The highest BCUT2D eigenvalue weighted by molar-refractivity contribution is 5.36. The predicted molar refractivity (Wildman–Crippen MR) is 58.3 cm³/mol. The van der Waals surface area contributed by atoms with Crippen LogP contribution in [0.5, 0.6) is 0 Å². The molecule has 0 aromatic heterocycles. The van der Waals surface area contributed by atoms with Gasteiger partial charge < -0.3 is 4.74 Å². The molecule has 0 saturated carbocycles. The largest absolute Gasteiger partial charge is 0.373 e. The third-order valence-electron chi connectivity index (χ3n) is 3.27. The highest BCUT2D eigenvalue weighted by Gasteiger charge is 2.30. The van der Waals surface area contributed by atoms with E-state index in [1.54, 1.807) is 0 Å². The number of hydrogen-bond donors (Lipinski definition) is 0. The van der Waals surface area contributed by atoms with Gasteiger partial charge in [0.1, 0.15) is 11.6 Å². The lowest BCUT2D eigenvalue weighted by atomic mass is 9.82. The van der Waals surface area contributed by atoms with Gasteiger partial charge in [-0.3, -0.25) is 0 Å². The molecule has 0 radical (unpaired) electrons. The maximum Gasteiger partial charge on any atom is 0.130 e. The number of fused-ring (bicyclic) bond motifs is 1. The van der Waals surface area contributed by atoms with Crippen molar-refractivity contribution in [3.8, 4) is 0 Å². The Morgan fingerprint density at radius 2 is 2.00 bits per heavy atom. The van der Waals surface area contributed by atoms with Crippen LogP contribution in [0.15, 0.2) is 12.1 Å². The molecule has 2 unspecified atom stereocenters. The molecular weight excluding hydrogens is 210 g/mol. The second kappa shape index (κ2) is 4.13. The van der Waals surface area contributed by atoms with Gasteiger partial charge in [0, 0.05) is 12.0 Å². The molecule has 0 spiro atoms. The van der Waals surface area contributed by atoms with Crippen LogP contribution in [-0.2, 0) is 4.74 Å². The van der Waals surface area contributed by atoms with Crippen molar-refractivity contribution in [2.75, 3.05) is 6.61 Å². The minimum Gasteiger partial charge on any atom is -0.373 e. The molecule has 1 aliphatic rings. The first-order chi connectivity index (χ1) is 7.50. The van der Waals surface area contributed by atoms with Crippen molar-refractivity contribution in [1.82, 2.24) is 0 Å². The molecule has 3 heteroatoms. The maximum absolute atomic E-state index is 13.8. The number of hydrogen-bond acceptors (Lipinski definition) is 1. The summed E-state index contributed by atoms with van der Waals surface area (Å²) in [4.78, 5) is 0. The SMILES string of the molecule is CC1OCC(C(C)C)c2c(F)cc(F)cc21. The van der Waals surface area contributed by atoms with Crippen LogP contribution < -0.4 is 0 Å². The lowest BCUT2D eigenvalue weighted by Gasteiger charge is -2.32. The van der Waals surface area contributed by atoms with Crippen LogP contribution in [0.4, 0.5) is 8.78 Å². The van der Waals surface area contributed by atoms with Gasteiger partial charge in [0.05, 0.1) is 12.7 Å². The molecule has 0 fully saturated rings. The first kappa shape index (κ1) is 11.5. The average Bonchev–Trinajstić information content (AvgIpc) is 2.19. The average molecular weight is 226 g/mol. The highest BCUT2D eigenvalue weighted by atomic mass is 19.1. The summed E-state index contributed by atoms with van der Waals surface area (Å²) in [7, 11) is 0. The van der Waals surface area contributed by atoms with Gasteiger partial charge in [-0.2, -0.15) is 0 Å². The van der Waals surface area contributed by atoms with E-state index >= 15 is 0 Å². The second-order valence-electron chi connectivity index (χ2n) is 4.72. The smallest absolute Gasteiger partial charge is 0.130 e. The fourth-order valence-corrected chi connectivity index (χ4v) is 2.28. The predicted octanol–water partition coefficient (Wildman–Crippen LogP) is 3.80. The molecule has 1 heterocycles. The summed E-state index contributed by atoms with van der Waals surface area (Å²) in [6.07, 6.45) is -0.227. The van der Waals surface area contributed by atoms with Gasteiger partial charge in [-0.1, -0.05) is 13.8 Å². The lowest BCUT2D eigenvalue weighted by Crippen LogP contribution is -2.24. The summed E-state index contributed by atoms with van der Waals surface area (Å²) in [5, 5.41) is 0. The molecule has 1 aromatic rings. The summed E-state index contributed by atoms with van der Waals surface area (Å²) in [6, 6.07) is 2.35. The number of halogens is 2. The Morgan fingerprint density at radius 1 is 1.31 bits per heavy atom. The van der Waals surface area contributed by atoms with Gasteiger partial charge >= 0.3 is 0 Å². The van der Waals surface area contributed by atoms with Crippen molar-refractivity contribution in [1.29, 1.82) is 0 Å². The molecule has 1 nitrogen and oxygen atoms in total. The molecular formula is C13H16F2O. The van der Waals surface area contributed by atoms with Crippen molar-refractivity contribution < 1.29 is 13.5 Å². The van der Waals surface area contributed by atoms with E-state index in [-0.39, 0.29) is 17.9 Å². The Kier molecular flexibility index (Phi) is 2.98. The van der Waals surface area contributed by atoms with Crippen LogP contribution in [-0.4, -0.2) is 6.61 Å². The fourth-order valence-electron chi connectivity index (χ4n) is 2.28. The van der Waals surface area contributed by atoms with E-state index in [1.165, 1.54) is 6.07 Å². The molecule has 0 amide bonds. The van der Waals surface area contributed by atoms with Crippen molar-refractivity contribution in [2.24, 2.45) is 5.92 Å². The lowest BCUT2D eigenvalue weighted by molar-refractivity contribution is 0.0291. The van der Waals surface area contributed by atoms with E-state index in [9.17, 15) is 8.78 Å². The monoisotopic (exact) mass is 226 g/mol. The maximum atomic E-state index is 13.8. The number of rotatable bonds is 1. The Hall–Kier alpha value is -0.960. The van der Waals surface area contributed by atoms with Gasteiger partial charge in [-0.05, 0) is 30.0 Å². The van der Waals surface area contributed by atoms with E-state index in [1.807, 2.05) is 20.8 Å². The van der Waals surface area contributed by atoms with Crippen LogP contribution in [0.1, 0.15) is 43.9 Å². The molecule has 2 atom stereocenters. The Labute approximate surface area is 94.4 Å². The molecule has 16 heavy (non-hydrogen) atoms. The molecule has 0 bridgehead atoms. The van der Waals surface area contributed by atoms with Crippen molar-refractivity contribution >= 4 is 0 Å². The van der Waals surface area contributed by atoms with Crippen molar-refractivity contribution in [3.05, 3.63) is 34.9 Å². The summed E-state index contributed by atoms with van der Waals surface area (Å²) in [6.45, 7) is 6.38. The quantitative estimate of drug-likeness (QED) is 0.707. The third kappa shape index (κ3) is 1.84. The summed E-state index contributed by atoms with van der Waals surface area (Å²) in [5.74, 6) is -0.669. The minimum absolute atomic E-state index is 0.0202. The number of benzene rings is 1. The molecule has 0 saturated heterocycles. The molecule has 0 N–H and O–H groups in total. The van der Waals surface area contributed by atoms with E-state index in [0.717, 1.165) is 6.07 Å². The molecule has 1 aliphatic heterocycles. The fraction of sp³-hybridized carbons (Fsp3) is 0.538. The number of ether oxygens (including phenoxy) is 1. The van der Waals surface area contributed by atoms with E-state index < -0.39 is 11.6 Å². The minimum atomic E-state index is -0.531. The van der Waals surface area contributed by atoms with Gasteiger partial charge in [0.2, 0.25) is 0 Å². The Bertz CT molecular complexity index is 401. The van der Waals surface area contributed by atoms with E-state index in [0.29, 0.717) is 17.7 Å². The first-order valence-electron chi connectivity index (χ1n) is 5.61. The third-order valence-corrected chi connectivity index (χ3v) is 3.27. The van der Waals surface area contributed by atoms with Crippen LogP contribution in [0.25, 0.3) is 0 Å². The zero-order chi connectivity index (χ0) is 11.9. The zero-order valence-corrected chi connectivity index (χ0v) is 9.76. The van der Waals surface area contributed by atoms with Gasteiger partial charge in [-0.15, -0.1) is 0 Å². The standard InChI is InChI=1S/C13H16F2O/c1-7(2)11-6-16-8(3)10-4-9(14)5-12(15)13(10)11/h4-5,7-8,11H,6H2,1-3H3. The van der Waals surface area contributed by atoms with Gasteiger partial charge in [-0.25, -0.2) is 8.78 Å². The summed E-state index contributed by atoms with van der Waals surface area (Å²) >= 11 is 0. The van der Waals surface area contributed by atoms with Crippen molar-refractivity contribution in [3.63, 3.8) is 0 Å². The molecule has 0 aliphatic carbocycles. The van der Waals surface area contributed by atoms with Crippen LogP contribution in [0.3, 0.4) is 0 Å². The van der Waals surface area contributed by atoms with Gasteiger partial charge in [0.25, 0.3) is 0 Å². The summed E-state index contributed by atoms with van der Waals surface area (Å²) in [5.41, 5.74) is 1.29. The molecule has 88 valence electrons. The highest BCUT2D eigenvalue weighted by Crippen LogP contribution is 2.39. The zero-order valence-electron chi connectivity index (χ0n) is 9.76. The van der Waals surface area contributed by atoms with Gasteiger partial charge in [0.15, 0.2) is 0 Å².